The number of nitrogens with zero attached hydrogens (tertiary/aromatic N) is 1. The van der Waals surface area contributed by atoms with Crippen molar-refractivity contribution in [3.05, 3.63) is 23.8 Å². The molecule has 5 heteroatoms. The molecule has 3 rings (SSSR count). The van der Waals surface area contributed by atoms with Gasteiger partial charge in [0, 0.05) is 30.3 Å². The third kappa shape index (κ3) is 2.06. The van der Waals surface area contributed by atoms with Crippen LogP contribution in [0.25, 0.3) is 0 Å². The van der Waals surface area contributed by atoms with Crippen molar-refractivity contribution in [2.45, 2.75) is 23.6 Å². The molecule has 2 aliphatic rings. The van der Waals surface area contributed by atoms with Gasteiger partial charge in [0.25, 0.3) is 0 Å². The van der Waals surface area contributed by atoms with Crippen LogP contribution in [0.3, 0.4) is 0 Å². The number of halogens is 2. The molecule has 18 heavy (non-hydrogen) atoms. The Hall–Kier alpha value is -0.930. The van der Waals surface area contributed by atoms with Crippen molar-refractivity contribution >= 4 is 40.5 Å². The number of fused-ring (bicyclic) bond motifs is 1. The van der Waals surface area contributed by atoms with Gasteiger partial charge in [0.2, 0.25) is 5.91 Å². The molecule has 1 heterocycles. The second-order valence-electron chi connectivity index (χ2n) is 5.05. The topological polar surface area (TPSA) is 46.3 Å². The number of alkyl halides is 2. The number of hydrogen-bond donors (Lipinski definition) is 1. The third-order valence-corrected chi connectivity index (χ3v) is 4.59. The third-order valence-electron chi connectivity index (χ3n) is 3.66. The zero-order chi connectivity index (χ0) is 12.9. The van der Waals surface area contributed by atoms with Gasteiger partial charge in [0.1, 0.15) is 4.33 Å². The molecule has 0 radical (unpaired) electrons. The number of hydrogen-bond acceptors (Lipinski definition) is 2. The van der Waals surface area contributed by atoms with Gasteiger partial charge in [0.05, 0.1) is 0 Å². The van der Waals surface area contributed by atoms with E-state index in [1.54, 1.807) is 4.90 Å². The van der Waals surface area contributed by atoms with E-state index in [4.69, 9.17) is 28.9 Å². The molecule has 1 aliphatic carbocycles. The van der Waals surface area contributed by atoms with Gasteiger partial charge in [-0.1, -0.05) is 0 Å². The lowest BCUT2D eigenvalue weighted by atomic mass is 10.00. The molecular formula is C13H14Cl2N2O. The average molecular weight is 285 g/mol. The van der Waals surface area contributed by atoms with E-state index in [1.807, 2.05) is 18.2 Å². The summed E-state index contributed by atoms with van der Waals surface area (Å²) in [6.45, 7) is 0.600. The summed E-state index contributed by atoms with van der Waals surface area (Å²) < 4.78 is -0.647. The van der Waals surface area contributed by atoms with Crippen LogP contribution in [-0.2, 0) is 11.2 Å². The Morgan fingerprint density at radius 1 is 1.39 bits per heavy atom. The number of rotatable bonds is 2. The van der Waals surface area contributed by atoms with Crippen molar-refractivity contribution in [2.75, 3.05) is 17.2 Å². The summed E-state index contributed by atoms with van der Waals surface area (Å²) >= 11 is 12.1. The highest BCUT2D eigenvalue weighted by molar-refractivity contribution is 6.50. The molecule has 0 unspecified atom stereocenters. The van der Waals surface area contributed by atoms with E-state index in [-0.39, 0.29) is 11.8 Å². The van der Waals surface area contributed by atoms with Gasteiger partial charge in [-0.05, 0) is 36.6 Å². The normalized spacial score (nSPS) is 24.9. The van der Waals surface area contributed by atoms with Gasteiger partial charge in [-0.15, -0.1) is 23.2 Å². The first kappa shape index (κ1) is 12.1. The molecule has 3 nitrogen and oxygen atoms in total. The van der Waals surface area contributed by atoms with Crippen LogP contribution < -0.4 is 10.6 Å². The van der Waals surface area contributed by atoms with Crippen molar-refractivity contribution in [3.63, 3.8) is 0 Å². The standard InChI is InChI=1S/C13H14Cl2N2O/c14-13(15)6-9(13)7-17-11-3-2-10(16)5-8(11)1-4-12(17)18/h2-3,5,9H,1,4,6-7,16H2/t9-/m1/s1. The molecule has 1 atom stereocenters. The fourth-order valence-electron chi connectivity index (χ4n) is 2.47. The quantitative estimate of drug-likeness (QED) is 0.671. The van der Waals surface area contributed by atoms with Crippen LogP contribution in [0.15, 0.2) is 18.2 Å². The Balaban J connectivity index is 1.88. The van der Waals surface area contributed by atoms with Gasteiger partial charge in [-0.2, -0.15) is 0 Å². The molecule has 0 spiro atoms. The first-order chi connectivity index (χ1) is 8.47. The smallest absolute Gasteiger partial charge is 0.227 e. The minimum atomic E-state index is -0.647. The first-order valence-corrected chi connectivity index (χ1v) is 6.79. The summed E-state index contributed by atoms with van der Waals surface area (Å²) in [5, 5.41) is 0. The second kappa shape index (κ2) is 4.04. The highest BCUT2D eigenvalue weighted by Crippen LogP contribution is 2.53. The van der Waals surface area contributed by atoms with Crippen molar-refractivity contribution in [1.29, 1.82) is 0 Å². The SMILES string of the molecule is Nc1ccc2c(c1)CCC(=O)N2C[C@H]1CC1(Cl)Cl. The number of nitrogens with two attached hydrogens (primary N) is 1. The molecule has 0 bridgehead atoms. The Morgan fingerprint density at radius 3 is 2.78 bits per heavy atom. The van der Waals surface area contributed by atoms with Crippen molar-refractivity contribution < 1.29 is 4.79 Å². The molecule has 1 aliphatic heterocycles. The van der Waals surface area contributed by atoms with E-state index in [0.717, 1.165) is 29.8 Å². The highest BCUT2D eigenvalue weighted by Gasteiger charge is 2.52. The van der Waals surface area contributed by atoms with Crippen LogP contribution in [0.1, 0.15) is 18.4 Å². The molecule has 0 aromatic heterocycles. The van der Waals surface area contributed by atoms with Gasteiger partial charge >= 0.3 is 0 Å². The van der Waals surface area contributed by atoms with Gasteiger partial charge in [-0.25, -0.2) is 0 Å². The molecule has 96 valence electrons. The van der Waals surface area contributed by atoms with Gasteiger partial charge < -0.3 is 10.6 Å². The number of carbonyl (C=O) groups is 1. The number of nitrogen functional groups attached to an aromatic ring is 1. The van der Waals surface area contributed by atoms with Gasteiger partial charge in [0.15, 0.2) is 0 Å². The van der Waals surface area contributed by atoms with E-state index >= 15 is 0 Å². The van der Waals surface area contributed by atoms with Crippen LogP contribution in [0.2, 0.25) is 0 Å². The van der Waals surface area contributed by atoms with Crippen molar-refractivity contribution in [3.8, 4) is 0 Å². The van der Waals surface area contributed by atoms with E-state index < -0.39 is 4.33 Å². The van der Waals surface area contributed by atoms with E-state index in [9.17, 15) is 4.79 Å². The number of aryl methyl sites for hydroxylation is 1. The van der Waals surface area contributed by atoms with Crippen molar-refractivity contribution in [2.24, 2.45) is 5.92 Å². The zero-order valence-corrected chi connectivity index (χ0v) is 11.3. The maximum atomic E-state index is 12.0. The van der Waals surface area contributed by atoms with Crippen LogP contribution >= 0.6 is 23.2 Å². The lowest BCUT2D eigenvalue weighted by Crippen LogP contribution is -2.37. The summed E-state index contributed by atoms with van der Waals surface area (Å²) in [5.74, 6) is 0.316. The van der Waals surface area contributed by atoms with Crippen LogP contribution in [-0.4, -0.2) is 16.8 Å². The van der Waals surface area contributed by atoms with E-state index in [1.165, 1.54) is 0 Å². The molecule has 0 saturated heterocycles. The average Bonchev–Trinajstić information content (AvgIpc) is 2.90. The molecule has 1 saturated carbocycles. The highest BCUT2D eigenvalue weighted by atomic mass is 35.5. The Morgan fingerprint density at radius 2 is 2.11 bits per heavy atom. The first-order valence-electron chi connectivity index (χ1n) is 6.04. The molecule has 1 fully saturated rings. The Bertz CT molecular complexity index is 516. The minimum Gasteiger partial charge on any atom is -0.399 e. The summed E-state index contributed by atoms with van der Waals surface area (Å²) in [4.78, 5) is 13.8. The minimum absolute atomic E-state index is 0.142. The fourth-order valence-corrected chi connectivity index (χ4v) is 2.98. The lowest BCUT2D eigenvalue weighted by Gasteiger charge is -2.30. The predicted octanol–water partition coefficient (Wildman–Crippen LogP) is 2.74. The van der Waals surface area contributed by atoms with Gasteiger partial charge in [-0.3, -0.25) is 4.79 Å². The maximum Gasteiger partial charge on any atom is 0.227 e. The molecule has 1 aromatic carbocycles. The number of amides is 1. The summed E-state index contributed by atoms with van der Waals surface area (Å²) in [5.41, 5.74) is 8.59. The Labute approximate surface area is 116 Å². The molecule has 1 amide bonds. The maximum absolute atomic E-state index is 12.0. The summed E-state index contributed by atoms with van der Waals surface area (Å²) in [7, 11) is 0. The monoisotopic (exact) mass is 284 g/mol. The van der Waals surface area contributed by atoms with Crippen LogP contribution in [0.4, 0.5) is 11.4 Å². The lowest BCUT2D eigenvalue weighted by molar-refractivity contribution is -0.118. The molecule has 1 aromatic rings. The summed E-state index contributed by atoms with van der Waals surface area (Å²) in [6.07, 6.45) is 2.04. The van der Waals surface area contributed by atoms with Crippen molar-refractivity contribution in [1.82, 2.24) is 0 Å². The van der Waals surface area contributed by atoms with E-state index in [2.05, 4.69) is 0 Å². The largest absolute Gasteiger partial charge is 0.399 e. The molecular weight excluding hydrogens is 271 g/mol. The number of anilines is 2. The summed E-state index contributed by atoms with van der Waals surface area (Å²) in [6, 6.07) is 5.68. The predicted molar refractivity (Wildman–Crippen MR) is 74.1 cm³/mol. The number of benzene rings is 1. The fraction of sp³-hybridized carbons (Fsp3) is 0.462. The van der Waals surface area contributed by atoms with E-state index in [0.29, 0.717) is 13.0 Å². The zero-order valence-electron chi connectivity index (χ0n) is 9.83. The molecule has 2 N–H and O–H groups in total. The van der Waals surface area contributed by atoms with Crippen LogP contribution in [0, 0.1) is 5.92 Å². The van der Waals surface area contributed by atoms with Crippen LogP contribution in [0.5, 0.6) is 0 Å². The number of carbonyl (C=O) groups excluding carboxylic acids is 1. The second-order valence-corrected chi connectivity index (χ2v) is 6.60. The Kier molecular flexibility index (Phi) is 2.72.